The third-order valence-electron chi connectivity index (χ3n) is 5.15. The van der Waals surface area contributed by atoms with Crippen LogP contribution in [0.5, 0.6) is 5.75 Å². The first kappa shape index (κ1) is 20.4. The predicted molar refractivity (Wildman–Crippen MR) is 107 cm³/mol. The summed E-state index contributed by atoms with van der Waals surface area (Å²) >= 11 is 0. The monoisotopic (exact) mass is 387 g/mol. The standard InChI is InChI=1S/C21H29N3O4/c1-4-28-17-8-6-16(7-9-17)18-19(23-13-11-22(2)12-14-23)21(26)24(20(18)25)10-5-15-27-3/h6-9H,4-5,10-15H2,1-3H3. The van der Waals surface area contributed by atoms with Crippen LogP contribution in [0, 0.1) is 0 Å². The molecule has 3 rings (SSSR count). The molecular weight excluding hydrogens is 358 g/mol. The van der Waals surface area contributed by atoms with Gasteiger partial charge in [0.2, 0.25) is 0 Å². The minimum Gasteiger partial charge on any atom is -0.494 e. The summed E-state index contributed by atoms with van der Waals surface area (Å²) in [5.41, 5.74) is 1.78. The largest absolute Gasteiger partial charge is 0.494 e. The second kappa shape index (κ2) is 9.21. The number of ether oxygens (including phenoxy) is 2. The third kappa shape index (κ3) is 4.20. The highest BCUT2D eigenvalue weighted by Gasteiger charge is 2.41. The first-order chi connectivity index (χ1) is 13.6. The minimum absolute atomic E-state index is 0.199. The van der Waals surface area contributed by atoms with E-state index in [-0.39, 0.29) is 11.8 Å². The Morgan fingerprint density at radius 2 is 1.68 bits per heavy atom. The number of amides is 2. The topological polar surface area (TPSA) is 62.3 Å². The summed E-state index contributed by atoms with van der Waals surface area (Å²) in [6.45, 7) is 6.59. The quantitative estimate of drug-likeness (QED) is 0.497. The van der Waals surface area contributed by atoms with Crippen molar-refractivity contribution in [3.8, 4) is 5.75 Å². The smallest absolute Gasteiger partial charge is 0.277 e. The normalized spacial score (nSPS) is 18.4. The lowest BCUT2D eigenvalue weighted by molar-refractivity contribution is -0.137. The fraction of sp³-hybridized carbons (Fsp3) is 0.524. The van der Waals surface area contributed by atoms with Crippen LogP contribution in [-0.4, -0.2) is 86.6 Å². The number of nitrogens with zero attached hydrogens (tertiary/aromatic N) is 3. The molecule has 1 fully saturated rings. The molecule has 0 aromatic heterocycles. The van der Waals surface area contributed by atoms with Gasteiger partial charge in [-0.15, -0.1) is 0 Å². The highest BCUT2D eigenvalue weighted by atomic mass is 16.5. The Labute approximate surface area is 166 Å². The van der Waals surface area contributed by atoms with Crippen molar-refractivity contribution in [3.05, 3.63) is 35.5 Å². The minimum atomic E-state index is -0.223. The second-order valence-electron chi connectivity index (χ2n) is 7.08. The van der Waals surface area contributed by atoms with E-state index in [0.717, 1.165) is 37.5 Å². The van der Waals surface area contributed by atoms with E-state index in [9.17, 15) is 9.59 Å². The number of likely N-dealkylation sites (N-methyl/N-ethyl adjacent to an activating group) is 1. The predicted octanol–water partition coefficient (Wildman–Crippen LogP) is 1.45. The van der Waals surface area contributed by atoms with Gasteiger partial charge in [-0.3, -0.25) is 14.5 Å². The lowest BCUT2D eigenvalue weighted by Crippen LogP contribution is -2.46. The van der Waals surface area contributed by atoms with Crippen LogP contribution in [0.4, 0.5) is 0 Å². The van der Waals surface area contributed by atoms with E-state index in [1.54, 1.807) is 7.11 Å². The molecule has 0 bridgehead atoms. The number of piperazine rings is 1. The first-order valence-corrected chi connectivity index (χ1v) is 9.83. The van der Waals surface area contributed by atoms with E-state index >= 15 is 0 Å². The van der Waals surface area contributed by atoms with Gasteiger partial charge in [-0.25, -0.2) is 0 Å². The number of benzene rings is 1. The summed E-state index contributed by atoms with van der Waals surface area (Å²) in [5, 5.41) is 0. The third-order valence-corrected chi connectivity index (χ3v) is 5.15. The Morgan fingerprint density at radius 3 is 2.29 bits per heavy atom. The summed E-state index contributed by atoms with van der Waals surface area (Å²) in [6, 6.07) is 7.41. The van der Waals surface area contributed by atoms with E-state index in [1.165, 1.54) is 4.90 Å². The molecule has 0 N–H and O–H groups in total. The van der Waals surface area contributed by atoms with Crippen LogP contribution in [0.3, 0.4) is 0 Å². The molecule has 0 unspecified atom stereocenters. The van der Waals surface area contributed by atoms with Crippen LogP contribution in [0.15, 0.2) is 30.0 Å². The molecule has 0 aliphatic carbocycles. The summed E-state index contributed by atoms with van der Waals surface area (Å²) in [5.74, 6) is 0.329. The van der Waals surface area contributed by atoms with Crippen molar-refractivity contribution < 1.29 is 19.1 Å². The Kier molecular flexibility index (Phi) is 6.70. The zero-order valence-corrected chi connectivity index (χ0v) is 16.9. The van der Waals surface area contributed by atoms with Crippen LogP contribution in [0.25, 0.3) is 5.57 Å². The Hall–Kier alpha value is -2.38. The van der Waals surface area contributed by atoms with E-state index in [1.807, 2.05) is 31.2 Å². The molecule has 0 saturated carbocycles. The number of hydrogen-bond acceptors (Lipinski definition) is 6. The zero-order valence-electron chi connectivity index (χ0n) is 16.9. The second-order valence-corrected chi connectivity index (χ2v) is 7.08. The van der Waals surface area contributed by atoms with E-state index < -0.39 is 0 Å². The van der Waals surface area contributed by atoms with Gasteiger partial charge in [0.05, 0.1) is 12.2 Å². The number of carbonyl (C=O) groups excluding carboxylic acids is 2. The van der Waals surface area contributed by atoms with Crippen LogP contribution in [-0.2, 0) is 14.3 Å². The number of methoxy groups -OCH3 is 1. The molecule has 7 heteroatoms. The van der Waals surface area contributed by atoms with Gasteiger partial charge in [0.1, 0.15) is 11.4 Å². The molecule has 0 atom stereocenters. The van der Waals surface area contributed by atoms with Gasteiger partial charge < -0.3 is 19.3 Å². The molecule has 7 nitrogen and oxygen atoms in total. The molecule has 28 heavy (non-hydrogen) atoms. The Bertz CT molecular complexity index is 737. The molecule has 1 aromatic rings. The zero-order chi connectivity index (χ0) is 20.1. The van der Waals surface area contributed by atoms with Crippen molar-refractivity contribution in [2.75, 3.05) is 60.1 Å². The van der Waals surface area contributed by atoms with Crippen LogP contribution in [0.1, 0.15) is 18.9 Å². The van der Waals surface area contributed by atoms with Gasteiger partial charge in [0, 0.05) is 46.4 Å². The molecule has 2 heterocycles. The van der Waals surface area contributed by atoms with Crippen molar-refractivity contribution in [1.29, 1.82) is 0 Å². The van der Waals surface area contributed by atoms with E-state index in [4.69, 9.17) is 9.47 Å². The highest BCUT2D eigenvalue weighted by molar-refractivity contribution is 6.35. The molecule has 2 amide bonds. The maximum Gasteiger partial charge on any atom is 0.277 e. The average Bonchev–Trinajstić information content (AvgIpc) is 2.94. The number of carbonyl (C=O) groups is 2. The summed E-state index contributed by atoms with van der Waals surface area (Å²) in [6.07, 6.45) is 0.626. The molecular formula is C21H29N3O4. The molecule has 0 radical (unpaired) electrons. The fourth-order valence-corrected chi connectivity index (χ4v) is 3.60. The van der Waals surface area contributed by atoms with Crippen molar-refractivity contribution in [2.24, 2.45) is 0 Å². The van der Waals surface area contributed by atoms with E-state index in [2.05, 4.69) is 16.8 Å². The Balaban J connectivity index is 1.93. The summed E-state index contributed by atoms with van der Waals surface area (Å²) in [4.78, 5) is 32.0. The molecule has 2 aliphatic rings. The maximum absolute atomic E-state index is 13.2. The Morgan fingerprint density at radius 1 is 1.00 bits per heavy atom. The molecule has 152 valence electrons. The van der Waals surface area contributed by atoms with Crippen molar-refractivity contribution >= 4 is 17.4 Å². The van der Waals surface area contributed by atoms with E-state index in [0.29, 0.717) is 37.4 Å². The fourth-order valence-electron chi connectivity index (χ4n) is 3.60. The highest BCUT2D eigenvalue weighted by Crippen LogP contribution is 2.33. The van der Waals surface area contributed by atoms with Crippen LogP contribution < -0.4 is 4.74 Å². The summed E-state index contributed by atoms with van der Waals surface area (Å²) < 4.78 is 10.6. The van der Waals surface area contributed by atoms with Crippen molar-refractivity contribution in [2.45, 2.75) is 13.3 Å². The summed E-state index contributed by atoms with van der Waals surface area (Å²) in [7, 11) is 3.69. The molecule has 2 aliphatic heterocycles. The van der Waals surface area contributed by atoms with Crippen molar-refractivity contribution in [3.63, 3.8) is 0 Å². The lowest BCUT2D eigenvalue weighted by atomic mass is 10.0. The van der Waals surface area contributed by atoms with Crippen LogP contribution >= 0.6 is 0 Å². The van der Waals surface area contributed by atoms with Crippen molar-refractivity contribution in [1.82, 2.24) is 14.7 Å². The lowest BCUT2D eigenvalue weighted by Gasteiger charge is -2.34. The van der Waals surface area contributed by atoms with Gasteiger partial charge in [0.25, 0.3) is 11.8 Å². The van der Waals surface area contributed by atoms with Gasteiger partial charge in [0.15, 0.2) is 0 Å². The van der Waals surface area contributed by atoms with Crippen LogP contribution in [0.2, 0.25) is 0 Å². The molecule has 0 spiro atoms. The van der Waals surface area contributed by atoms with Gasteiger partial charge >= 0.3 is 0 Å². The number of hydrogen-bond donors (Lipinski definition) is 0. The number of imide groups is 1. The average molecular weight is 387 g/mol. The van der Waals surface area contributed by atoms with Gasteiger partial charge in [-0.2, -0.15) is 0 Å². The maximum atomic E-state index is 13.2. The number of rotatable bonds is 8. The SMILES string of the molecule is CCOc1ccc(C2=C(N3CCN(C)CC3)C(=O)N(CCCOC)C2=O)cc1. The molecule has 1 saturated heterocycles. The van der Waals surface area contributed by atoms with Gasteiger partial charge in [-0.1, -0.05) is 12.1 Å². The molecule has 1 aromatic carbocycles. The van der Waals surface area contributed by atoms with Gasteiger partial charge in [-0.05, 0) is 38.1 Å². The first-order valence-electron chi connectivity index (χ1n) is 9.83.